The lowest BCUT2D eigenvalue weighted by Gasteiger charge is -2.13. The molecular formula is C13H9Cl2NO3. The summed E-state index contributed by atoms with van der Waals surface area (Å²) < 4.78 is 1.76. The summed E-state index contributed by atoms with van der Waals surface area (Å²) in [5.74, 6) is -1.25. The zero-order chi connectivity index (χ0) is 13.7. The van der Waals surface area contributed by atoms with Crippen molar-refractivity contribution >= 4 is 40.1 Å². The molecule has 1 saturated carbocycles. The largest absolute Gasteiger partial charge is 0.477 e. The Balaban J connectivity index is 2.53. The molecule has 1 aliphatic rings. The van der Waals surface area contributed by atoms with E-state index in [9.17, 15) is 9.59 Å². The molecular weight excluding hydrogens is 289 g/mol. The normalized spacial score (nSPS) is 14.8. The Labute approximate surface area is 118 Å². The van der Waals surface area contributed by atoms with Crippen molar-refractivity contribution in [3.05, 3.63) is 44.2 Å². The van der Waals surface area contributed by atoms with E-state index in [1.807, 2.05) is 0 Å². The highest BCUT2D eigenvalue weighted by atomic mass is 35.5. The maximum Gasteiger partial charge on any atom is 0.341 e. The van der Waals surface area contributed by atoms with Crippen LogP contribution in [-0.4, -0.2) is 15.6 Å². The van der Waals surface area contributed by atoms with Gasteiger partial charge in [-0.1, -0.05) is 23.2 Å². The number of carboxylic acids is 1. The fourth-order valence-corrected chi connectivity index (χ4v) is 2.69. The van der Waals surface area contributed by atoms with Crippen LogP contribution in [0.5, 0.6) is 0 Å². The van der Waals surface area contributed by atoms with Gasteiger partial charge in [0.25, 0.3) is 0 Å². The third-order valence-corrected chi connectivity index (χ3v) is 3.87. The van der Waals surface area contributed by atoms with Crippen molar-refractivity contribution in [1.82, 2.24) is 4.57 Å². The van der Waals surface area contributed by atoms with Gasteiger partial charge in [-0.05, 0) is 25.0 Å². The standard InChI is InChI=1S/C13H9Cl2NO3/c14-8-3-4-9(15)11-10(8)12(17)7(13(18)19)5-16(11)6-1-2-6/h3-6H,1-2H2,(H,18,19). The second-order valence-corrected chi connectivity index (χ2v) is 5.38. The van der Waals surface area contributed by atoms with Crippen LogP contribution in [0.4, 0.5) is 0 Å². The molecule has 3 rings (SSSR count). The predicted molar refractivity (Wildman–Crippen MR) is 73.5 cm³/mol. The summed E-state index contributed by atoms with van der Waals surface area (Å²) in [4.78, 5) is 23.4. The van der Waals surface area contributed by atoms with Gasteiger partial charge in [-0.15, -0.1) is 0 Å². The molecule has 98 valence electrons. The molecule has 6 heteroatoms. The van der Waals surface area contributed by atoms with Crippen molar-refractivity contribution in [3.63, 3.8) is 0 Å². The van der Waals surface area contributed by atoms with Crippen LogP contribution in [0, 0.1) is 0 Å². The summed E-state index contributed by atoms with van der Waals surface area (Å²) in [6.45, 7) is 0. The number of rotatable bonds is 2. The van der Waals surface area contributed by atoms with E-state index in [1.54, 1.807) is 10.6 Å². The number of aromatic carboxylic acids is 1. The zero-order valence-electron chi connectivity index (χ0n) is 9.69. The van der Waals surface area contributed by atoms with E-state index in [0.29, 0.717) is 10.5 Å². The summed E-state index contributed by atoms with van der Waals surface area (Å²) in [7, 11) is 0. The van der Waals surface area contributed by atoms with Gasteiger partial charge in [-0.3, -0.25) is 4.79 Å². The molecule has 0 atom stereocenters. The van der Waals surface area contributed by atoms with Crippen LogP contribution in [-0.2, 0) is 0 Å². The Hall–Kier alpha value is -1.52. The summed E-state index contributed by atoms with van der Waals surface area (Å²) in [5, 5.41) is 9.93. The molecule has 0 amide bonds. The second-order valence-electron chi connectivity index (χ2n) is 4.57. The van der Waals surface area contributed by atoms with E-state index in [-0.39, 0.29) is 22.0 Å². The number of hydrogen-bond donors (Lipinski definition) is 1. The molecule has 0 bridgehead atoms. The van der Waals surface area contributed by atoms with Gasteiger partial charge in [0.05, 0.1) is 20.9 Å². The first-order valence-electron chi connectivity index (χ1n) is 5.77. The highest BCUT2D eigenvalue weighted by Crippen LogP contribution is 2.39. The van der Waals surface area contributed by atoms with Gasteiger partial charge in [0.15, 0.2) is 0 Å². The Morgan fingerprint density at radius 3 is 2.47 bits per heavy atom. The van der Waals surface area contributed by atoms with Gasteiger partial charge in [0.1, 0.15) is 5.56 Å². The number of benzene rings is 1. The minimum Gasteiger partial charge on any atom is -0.477 e. The molecule has 1 fully saturated rings. The predicted octanol–water partition coefficient (Wildman–Crippen LogP) is 3.34. The maximum absolute atomic E-state index is 12.2. The Morgan fingerprint density at radius 2 is 1.89 bits per heavy atom. The van der Waals surface area contributed by atoms with Crippen molar-refractivity contribution in [1.29, 1.82) is 0 Å². The topological polar surface area (TPSA) is 59.3 Å². The lowest BCUT2D eigenvalue weighted by Crippen LogP contribution is -2.19. The maximum atomic E-state index is 12.2. The molecule has 1 N–H and O–H groups in total. The fourth-order valence-electron chi connectivity index (χ4n) is 2.20. The van der Waals surface area contributed by atoms with Crippen molar-refractivity contribution < 1.29 is 9.90 Å². The lowest BCUT2D eigenvalue weighted by atomic mass is 10.1. The zero-order valence-corrected chi connectivity index (χ0v) is 11.2. The first-order valence-corrected chi connectivity index (χ1v) is 6.52. The van der Waals surface area contributed by atoms with Crippen LogP contribution >= 0.6 is 23.2 Å². The van der Waals surface area contributed by atoms with Gasteiger partial charge in [0.2, 0.25) is 5.43 Å². The average molecular weight is 298 g/mol. The van der Waals surface area contributed by atoms with E-state index < -0.39 is 11.4 Å². The number of fused-ring (bicyclic) bond motifs is 1. The molecule has 1 aromatic heterocycles. The number of nitrogens with zero attached hydrogens (tertiary/aromatic N) is 1. The molecule has 0 radical (unpaired) electrons. The van der Waals surface area contributed by atoms with Crippen molar-refractivity contribution in [3.8, 4) is 0 Å². The second kappa shape index (κ2) is 4.25. The highest BCUT2D eigenvalue weighted by molar-refractivity contribution is 6.40. The lowest BCUT2D eigenvalue weighted by molar-refractivity contribution is 0.0695. The molecule has 0 spiro atoms. The Kier molecular flexibility index (Phi) is 2.80. The Morgan fingerprint density at radius 1 is 1.26 bits per heavy atom. The minimum atomic E-state index is -1.25. The van der Waals surface area contributed by atoms with Crippen LogP contribution in [0.3, 0.4) is 0 Å². The third-order valence-electron chi connectivity index (χ3n) is 3.25. The molecule has 4 nitrogen and oxygen atoms in total. The van der Waals surface area contributed by atoms with Gasteiger partial charge in [-0.2, -0.15) is 0 Å². The quantitative estimate of drug-likeness (QED) is 0.925. The van der Waals surface area contributed by atoms with Gasteiger partial charge in [0, 0.05) is 12.2 Å². The monoisotopic (exact) mass is 297 g/mol. The number of aromatic nitrogens is 1. The molecule has 1 aromatic carbocycles. The molecule has 0 unspecified atom stereocenters. The van der Waals surface area contributed by atoms with Gasteiger partial charge in [-0.25, -0.2) is 4.79 Å². The van der Waals surface area contributed by atoms with Gasteiger partial charge < -0.3 is 9.67 Å². The van der Waals surface area contributed by atoms with Crippen molar-refractivity contribution in [2.24, 2.45) is 0 Å². The first kappa shape index (κ1) is 12.5. The number of halogens is 2. The number of carbonyl (C=O) groups is 1. The summed E-state index contributed by atoms with van der Waals surface area (Å²) in [6, 6.07) is 3.32. The number of pyridine rings is 1. The number of carboxylic acid groups (broad SMARTS) is 1. The smallest absolute Gasteiger partial charge is 0.341 e. The van der Waals surface area contributed by atoms with Gasteiger partial charge >= 0.3 is 5.97 Å². The van der Waals surface area contributed by atoms with Crippen LogP contribution in [0.25, 0.3) is 10.9 Å². The van der Waals surface area contributed by atoms with Crippen LogP contribution < -0.4 is 5.43 Å². The molecule has 1 aliphatic carbocycles. The summed E-state index contributed by atoms with van der Waals surface area (Å²) in [6.07, 6.45) is 3.26. The average Bonchev–Trinajstić information content (AvgIpc) is 3.17. The molecule has 0 aliphatic heterocycles. The van der Waals surface area contributed by atoms with E-state index in [1.165, 1.54) is 12.3 Å². The molecule has 0 saturated heterocycles. The fraction of sp³-hybridized carbons (Fsp3) is 0.231. The minimum absolute atomic E-state index is 0.181. The van der Waals surface area contributed by atoms with E-state index in [2.05, 4.69) is 0 Å². The molecule has 19 heavy (non-hydrogen) atoms. The number of hydrogen-bond acceptors (Lipinski definition) is 2. The summed E-state index contributed by atoms with van der Waals surface area (Å²) >= 11 is 12.2. The molecule has 1 heterocycles. The van der Waals surface area contributed by atoms with Crippen LogP contribution in [0.1, 0.15) is 29.2 Å². The van der Waals surface area contributed by atoms with E-state index in [4.69, 9.17) is 28.3 Å². The highest BCUT2D eigenvalue weighted by Gasteiger charge is 2.28. The Bertz CT molecular complexity index is 763. The van der Waals surface area contributed by atoms with E-state index in [0.717, 1.165) is 12.8 Å². The SMILES string of the molecule is O=C(O)c1cn(C2CC2)c2c(Cl)ccc(Cl)c2c1=O. The third kappa shape index (κ3) is 1.91. The molecule has 2 aromatic rings. The van der Waals surface area contributed by atoms with Crippen molar-refractivity contribution in [2.45, 2.75) is 18.9 Å². The van der Waals surface area contributed by atoms with Crippen LogP contribution in [0.15, 0.2) is 23.1 Å². The van der Waals surface area contributed by atoms with E-state index >= 15 is 0 Å². The van der Waals surface area contributed by atoms with Crippen molar-refractivity contribution in [2.75, 3.05) is 0 Å². The summed E-state index contributed by atoms with van der Waals surface area (Å²) in [5.41, 5.74) is -0.345. The first-order chi connectivity index (χ1) is 9.00. The van der Waals surface area contributed by atoms with Crippen LogP contribution in [0.2, 0.25) is 10.0 Å².